The van der Waals surface area contributed by atoms with E-state index in [1.807, 2.05) is 0 Å². The van der Waals surface area contributed by atoms with Gasteiger partial charge < -0.3 is 9.80 Å². The number of carbonyl (C=O) groups excluding carboxylic acids is 2. The summed E-state index contributed by atoms with van der Waals surface area (Å²) in [5.74, 6) is -0.703. The van der Waals surface area contributed by atoms with Gasteiger partial charge in [0.05, 0.1) is 17.5 Å². The van der Waals surface area contributed by atoms with Crippen molar-refractivity contribution in [1.29, 1.82) is 5.26 Å². The predicted octanol–water partition coefficient (Wildman–Crippen LogP) is 2.91. The average Bonchev–Trinajstić information content (AvgIpc) is 2.87. The van der Waals surface area contributed by atoms with Crippen molar-refractivity contribution in [1.82, 2.24) is 9.80 Å². The highest BCUT2D eigenvalue weighted by Gasteiger charge is 2.74. The lowest BCUT2D eigenvalue weighted by Gasteiger charge is -2.57. The fourth-order valence-corrected chi connectivity index (χ4v) is 7.65. The zero-order chi connectivity index (χ0) is 18.2. The molecule has 1 aromatic rings. The van der Waals surface area contributed by atoms with Crippen LogP contribution in [0.1, 0.15) is 31.9 Å². The van der Waals surface area contributed by atoms with E-state index in [2.05, 4.69) is 6.07 Å². The molecule has 4 atom stereocenters. The van der Waals surface area contributed by atoms with Crippen LogP contribution in [0.5, 0.6) is 0 Å². The fourth-order valence-electron chi connectivity index (χ4n) is 4.07. The highest BCUT2D eigenvalue weighted by atomic mass is 33.1. The molecule has 8 heteroatoms. The molecule has 0 aromatic heterocycles. The molecule has 1 spiro atoms. The Balaban J connectivity index is 1.93. The zero-order valence-electron chi connectivity index (χ0n) is 13.9. The molecule has 2 bridgehead atoms. The van der Waals surface area contributed by atoms with Gasteiger partial charge in [0.15, 0.2) is 9.74 Å². The quantitative estimate of drug-likeness (QED) is 0.704. The molecule has 0 N–H and O–H groups in total. The Hall–Kier alpha value is -1.72. The number of nitriles is 1. The number of hydrogen-bond donors (Lipinski definition) is 0. The van der Waals surface area contributed by atoms with E-state index in [1.54, 1.807) is 37.9 Å². The van der Waals surface area contributed by atoms with Crippen LogP contribution in [0.4, 0.5) is 4.39 Å². The van der Waals surface area contributed by atoms with E-state index >= 15 is 0 Å². The van der Waals surface area contributed by atoms with Crippen molar-refractivity contribution >= 4 is 33.4 Å². The fraction of sp³-hybridized carbons (Fsp3) is 0.471. The van der Waals surface area contributed by atoms with Crippen molar-refractivity contribution in [2.75, 3.05) is 7.05 Å². The van der Waals surface area contributed by atoms with Gasteiger partial charge in [0.25, 0.3) is 11.8 Å². The van der Waals surface area contributed by atoms with Gasteiger partial charge in [-0.05, 0) is 31.5 Å². The number of amides is 2. The Morgan fingerprint density at radius 1 is 1.20 bits per heavy atom. The van der Waals surface area contributed by atoms with Crippen molar-refractivity contribution in [2.24, 2.45) is 5.41 Å². The first-order chi connectivity index (χ1) is 11.7. The van der Waals surface area contributed by atoms with Gasteiger partial charge in [-0.2, -0.15) is 5.26 Å². The van der Waals surface area contributed by atoms with E-state index in [4.69, 9.17) is 0 Å². The predicted molar refractivity (Wildman–Crippen MR) is 93.4 cm³/mol. The molecule has 4 aliphatic rings. The minimum absolute atomic E-state index is 0.149. The van der Waals surface area contributed by atoms with Crippen LogP contribution in [0.25, 0.3) is 0 Å². The number of carbonyl (C=O) groups is 2. The van der Waals surface area contributed by atoms with Crippen LogP contribution in [-0.4, -0.2) is 38.4 Å². The largest absolute Gasteiger partial charge is 0.319 e. The van der Waals surface area contributed by atoms with Crippen LogP contribution in [0, 0.1) is 22.6 Å². The molecular formula is C17H16FN3O2S2. The second-order valence-electron chi connectivity index (χ2n) is 7.13. The third kappa shape index (κ3) is 1.86. The number of halogens is 1. The summed E-state index contributed by atoms with van der Waals surface area (Å²) in [5, 5.41) is 9.88. The van der Waals surface area contributed by atoms with Crippen LogP contribution in [0.15, 0.2) is 24.3 Å². The van der Waals surface area contributed by atoms with Crippen LogP contribution in [0.2, 0.25) is 0 Å². The summed E-state index contributed by atoms with van der Waals surface area (Å²) in [5.41, 5.74) is -0.263. The minimum Gasteiger partial charge on any atom is -0.319 e. The Kier molecular flexibility index (Phi) is 3.29. The summed E-state index contributed by atoms with van der Waals surface area (Å²) >= 11 is 0. The van der Waals surface area contributed by atoms with E-state index in [9.17, 15) is 19.2 Å². The van der Waals surface area contributed by atoms with Gasteiger partial charge in [-0.25, -0.2) is 4.39 Å². The molecule has 5 nitrogen and oxygen atoms in total. The molecule has 0 saturated carbocycles. The Morgan fingerprint density at radius 3 is 2.44 bits per heavy atom. The van der Waals surface area contributed by atoms with E-state index in [0.29, 0.717) is 5.56 Å². The SMILES string of the molecule is CN1C(=O)C23C[C@](C)(C#N)C(c4ccc(F)cc4)N2C(=O)[C@@]1(C)SS3. The van der Waals surface area contributed by atoms with E-state index in [0.717, 1.165) is 0 Å². The maximum atomic E-state index is 13.4. The molecule has 4 fully saturated rings. The first-order valence-corrected chi connectivity index (χ1v) is 10.0. The van der Waals surface area contributed by atoms with Gasteiger partial charge in [0, 0.05) is 13.5 Å². The van der Waals surface area contributed by atoms with Gasteiger partial charge in [0.2, 0.25) is 0 Å². The molecule has 25 heavy (non-hydrogen) atoms. The van der Waals surface area contributed by atoms with Crippen molar-refractivity contribution in [3.8, 4) is 6.07 Å². The molecule has 4 aliphatic heterocycles. The number of rotatable bonds is 1. The number of hydrogen-bond acceptors (Lipinski definition) is 5. The molecule has 4 saturated heterocycles. The molecule has 5 rings (SSSR count). The lowest BCUT2D eigenvalue weighted by molar-refractivity contribution is -0.164. The Bertz CT molecular complexity index is 841. The van der Waals surface area contributed by atoms with E-state index < -0.39 is 21.2 Å². The van der Waals surface area contributed by atoms with Gasteiger partial charge >= 0.3 is 0 Å². The van der Waals surface area contributed by atoms with Crippen LogP contribution < -0.4 is 0 Å². The Morgan fingerprint density at radius 2 is 1.84 bits per heavy atom. The molecule has 0 radical (unpaired) electrons. The van der Waals surface area contributed by atoms with Gasteiger partial charge in [-0.1, -0.05) is 33.7 Å². The number of piperazine rings is 1. The maximum Gasteiger partial charge on any atom is 0.261 e. The Labute approximate surface area is 152 Å². The normalized spacial score (nSPS) is 39.6. The lowest BCUT2D eigenvalue weighted by Crippen LogP contribution is -2.73. The summed E-state index contributed by atoms with van der Waals surface area (Å²) in [7, 11) is 4.38. The topological polar surface area (TPSA) is 64.4 Å². The minimum atomic E-state index is -1.09. The average molecular weight is 377 g/mol. The third-order valence-corrected chi connectivity index (χ3v) is 9.23. The summed E-state index contributed by atoms with van der Waals surface area (Å²) < 4.78 is 13.4. The summed E-state index contributed by atoms with van der Waals surface area (Å²) in [6, 6.07) is 7.57. The van der Waals surface area contributed by atoms with Crippen molar-refractivity contribution in [3.05, 3.63) is 35.6 Å². The van der Waals surface area contributed by atoms with E-state index in [-0.39, 0.29) is 24.1 Å². The molecule has 130 valence electrons. The summed E-state index contributed by atoms with van der Waals surface area (Å²) in [6.07, 6.45) is 0.251. The molecular weight excluding hydrogens is 361 g/mol. The number of fused-ring (bicyclic) bond motifs is 2. The molecule has 2 amide bonds. The first-order valence-electron chi connectivity index (χ1n) is 7.85. The van der Waals surface area contributed by atoms with Gasteiger partial charge in [-0.3, -0.25) is 9.59 Å². The second kappa shape index (κ2) is 4.92. The smallest absolute Gasteiger partial charge is 0.261 e. The monoisotopic (exact) mass is 377 g/mol. The van der Waals surface area contributed by atoms with Crippen LogP contribution >= 0.6 is 21.6 Å². The number of nitrogens with zero attached hydrogens (tertiary/aromatic N) is 3. The van der Waals surface area contributed by atoms with Crippen LogP contribution in [0.3, 0.4) is 0 Å². The van der Waals surface area contributed by atoms with Gasteiger partial charge in [-0.15, -0.1) is 0 Å². The molecule has 0 aliphatic carbocycles. The zero-order valence-corrected chi connectivity index (χ0v) is 15.6. The summed E-state index contributed by atoms with van der Waals surface area (Å²) in [4.78, 5) is 27.4. The first kappa shape index (κ1) is 16.7. The third-order valence-electron chi connectivity index (χ3n) is 5.54. The second-order valence-corrected chi connectivity index (χ2v) is 9.94. The highest BCUT2D eigenvalue weighted by Crippen LogP contribution is 2.69. The maximum absolute atomic E-state index is 13.4. The van der Waals surface area contributed by atoms with Gasteiger partial charge in [0.1, 0.15) is 5.82 Å². The number of benzene rings is 1. The lowest BCUT2D eigenvalue weighted by atomic mass is 9.79. The van der Waals surface area contributed by atoms with Crippen molar-refractivity contribution < 1.29 is 14.0 Å². The standard InChI is InChI=1S/C17H16FN3O2S2/c1-15(9-19)8-17-14(23)20(3)16(2,24-25-17)13(22)21(17)12(15)10-4-6-11(18)7-5-10/h4-7,12H,8H2,1-3H3/t12?,15-,16-,17?/m1/s1. The highest BCUT2D eigenvalue weighted by molar-refractivity contribution is 8.78. The number of likely N-dealkylation sites (N-methyl/N-ethyl adjacent to an activating group) is 1. The van der Waals surface area contributed by atoms with Crippen molar-refractivity contribution in [3.63, 3.8) is 0 Å². The van der Waals surface area contributed by atoms with E-state index in [1.165, 1.54) is 38.6 Å². The molecule has 4 heterocycles. The van der Waals surface area contributed by atoms with Crippen LogP contribution in [-0.2, 0) is 9.59 Å². The molecule has 2 unspecified atom stereocenters. The summed E-state index contributed by atoms with van der Waals surface area (Å²) in [6.45, 7) is 3.51. The molecule has 1 aromatic carbocycles. The van der Waals surface area contributed by atoms with Crippen molar-refractivity contribution in [2.45, 2.75) is 36.1 Å².